The van der Waals surface area contributed by atoms with Crippen molar-refractivity contribution in [3.63, 3.8) is 0 Å². The fraction of sp³-hybridized carbons (Fsp3) is 0.357. The van der Waals surface area contributed by atoms with Crippen LogP contribution in [0.4, 0.5) is 5.69 Å². The number of nitrogens with zero attached hydrogens (tertiary/aromatic N) is 1. The van der Waals surface area contributed by atoms with Crippen molar-refractivity contribution < 1.29 is 0 Å². The van der Waals surface area contributed by atoms with E-state index in [0.29, 0.717) is 0 Å². The van der Waals surface area contributed by atoms with Crippen LogP contribution >= 0.6 is 23.5 Å². The number of nitrogens with one attached hydrogen (secondary N) is 1. The normalized spacial score (nSPS) is 9.78. The topological polar surface area (TPSA) is 35.8 Å². The minimum Gasteiger partial charge on any atom is -0.383 e. The van der Waals surface area contributed by atoms with Crippen LogP contribution in [-0.2, 0) is 0 Å². The molecule has 0 aliphatic heterocycles. The summed E-state index contributed by atoms with van der Waals surface area (Å²) in [6, 6.07) is 8.27. The van der Waals surface area contributed by atoms with Crippen molar-refractivity contribution in [3.8, 4) is 6.07 Å². The SMILES string of the molecule is C=CCSCCNc1cccc(SCC)c1C#N. The van der Waals surface area contributed by atoms with Crippen molar-refractivity contribution in [1.29, 1.82) is 5.26 Å². The van der Waals surface area contributed by atoms with Gasteiger partial charge in [0.25, 0.3) is 0 Å². The molecule has 0 radical (unpaired) electrons. The molecule has 0 aromatic heterocycles. The molecule has 1 aromatic carbocycles. The molecule has 1 aromatic rings. The molecule has 0 saturated heterocycles. The number of benzene rings is 1. The van der Waals surface area contributed by atoms with Crippen LogP contribution < -0.4 is 5.32 Å². The minimum atomic E-state index is 0.762. The summed E-state index contributed by atoms with van der Waals surface area (Å²) < 4.78 is 0. The molecule has 0 heterocycles. The van der Waals surface area contributed by atoms with E-state index in [1.54, 1.807) is 11.8 Å². The fourth-order valence-electron chi connectivity index (χ4n) is 1.49. The Hall–Kier alpha value is -1.05. The maximum atomic E-state index is 9.24. The molecular formula is C14H18N2S2. The van der Waals surface area contributed by atoms with Gasteiger partial charge in [-0.15, -0.1) is 18.3 Å². The van der Waals surface area contributed by atoms with Crippen LogP contribution in [0.3, 0.4) is 0 Å². The Morgan fingerprint density at radius 2 is 2.33 bits per heavy atom. The Bertz CT molecular complexity index is 424. The lowest BCUT2D eigenvalue weighted by Crippen LogP contribution is -2.06. The molecule has 0 amide bonds. The zero-order chi connectivity index (χ0) is 13.2. The zero-order valence-electron chi connectivity index (χ0n) is 10.6. The summed E-state index contributed by atoms with van der Waals surface area (Å²) in [5.74, 6) is 2.97. The van der Waals surface area contributed by atoms with Crippen LogP contribution in [0.15, 0.2) is 35.7 Å². The number of thioether (sulfide) groups is 2. The van der Waals surface area contributed by atoms with Gasteiger partial charge in [-0.25, -0.2) is 0 Å². The maximum absolute atomic E-state index is 9.24. The molecule has 0 unspecified atom stereocenters. The molecule has 0 fully saturated rings. The van der Waals surface area contributed by atoms with Crippen LogP contribution in [0.5, 0.6) is 0 Å². The van der Waals surface area contributed by atoms with E-state index >= 15 is 0 Å². The zero-order valence-corrected chi connectivity index (χ0v) is 12.2. The lowest BCUT2D eigenvalue weighted by Gasteiger charge is -2.10. The number of nitriles is 1. The highest BCUT2D eigenvalue weighted by molar-refractivity contribution is 7.99. The molecule has 0 spiro atoms. The highest BCUT2D eigenvalue weighted by Gasteiger charge is 2.07. The Labute approximate surface area is 118 Å². The van der Waals surface area contributed by atoms with E-state index in [2.05, 4.69) is 24.9 Å². The van der Waals surface area contributed by atoms with Crippen molar-refractivity contribution in [2.75, 3.05) is 29.1 Å². The van der Waals surface area contributed by atoms with E-state index in [9.17, 15) is 5.26 Å². The van der Waals surface area contributed by atoms with Gasteiger partial charge in [-0.2, -0.15) is 17.0 Å². The number of hydrogen-bond acceptors (Lipinski definition) is 4. The third-order valence-corrected chi connectivity index (χ3v) is 4.14. The van der Waals surface area contributed by atoms with Crippen LogP contribution in [0.25, 0.3) is 0 Å². The molecule has 0 atom stereocenters. The van der Waals surface area contributed by atoms with Gasteiger partial charge >= 0.3 is 0 Å². The van der Waals surface area contributed by atoms with E-state index in [-0.39, 0.29) is 0 Å². The van der Waals surface area contributed by atoms with E-state index in [4.69, 9.17) is 0 Å². The van der Waals surface area contributed by atoms with Gasteiger partial charge in [-0.05, 0) is 17.9 Å². The second-order valence-electron chi connectivity index (χ2n) is 3.51. The average Bonchev–Trinajstić information content (AvgIpc) is 2.39. The monoisotopic (exact) mass is 278 g/mol. The van der Waals surface area contributed by atoms with Gasteiger partial charge in [-0.1, -0.05) is 19.1 Å². The first-order valence-electron chi connectivity index (χ1n) is 5.91. The number of hydrogen-bond donors (Lipinski definition) is 1. The lowest BCUT2D eigenvalue weighted by molar-refractivity contribution is 1.21. The molecule has 1 rings (SSSR count). The molecule has 0 bridgehead atoms. The average molecular weight is 278 g/mol. The Morgan fingerprint density at radius 3 is 3.00 bits per heavy atom. The Morgan fingerprint density at radius 1 is 1.50 bits per heavy atom. The van der Waals surface area contributed by atoms with Crippen LogP contribution in [-0.4, -0.2) is 23.8 Å². The van der Waals surface area contributed by atoms with Gasteiger partial charge in [0.1, 0.15) is 6.07 Å². The van der Waals surface area contributed by atoms with Crippen molar-refractivity contribution in [3.05, 3.63) is 36.4 Å². The van der Waals surface area contributed by atoms with Gasteiger partial charge in [-0.3, -0.25) is 0 Å². The van der Waals surface area contributed by atoms with Gasteiger partial charge in [0.05, 0.1) is 11.3 Å². The van der Waals surface area contributed by atoms with Crippen molar-refractivity contribution in [1.82, 2.24) is 0 Å². The van der Waals surface area contributed by atoms with Gasteiger partial charge in [0, 0.05) is 22.9 Å². The van der Waals surface area contributed by atoms with Gasteiger partial charge in [0.2, 0.25) is 0 Å². The first kappa shape index (κ1) is 15.0. The summed E-state index contributed by atoms with van der Waals surface area (Å²) >= 11 is 3.54. The van der Waals surface area contributed by atoms with Crippen molar-refractivity contribution in [2.45, 2.75) is 11.8 Å². The smallest absolute Gasteiger partial charge is 0.102 e. The van der Waals surface area contributed by atoms with E-state index in [1.165, 1.54) is 0 Å². The van der Waals surface area contributed by atoms with Crippen LogP contribution in [0.1, 0.15) is 12.5 Å². The highest BCUT2D eigenvalue weighted by Crippen LogP contribution is 2.27. The summed E-state index contributed by atoms with van der Waals surface area (Å²) in [7, 11) is 0. The molecule has 0 aliphatic rings. The van der Waals surface area contributed by atoms with E-state index < -0.39 is 0 Å². The maximum Gasteiger partial charge on any atom is 0.102 e. The molecule has 0 aliphatic carbocycles. The second-order valence-corrected chi connectivity index (χ2v) is 5.97. The molecule has 96 valence electrons. The number of rotatable bonds is 8. The predicted octanol–water partition coefficient (Wildman–Crippen LogP) is 4.00. The van der Waals surface area contributed by atoms with Crippen LogP contribution in [0.2, 0.25) is 0 Å². The third-order valence-electron chi connectivity index (χ3n) is 2.24. The van der Waals surface area contributed by atoms with Crippen LogP contribution in [0, 0.1) is 11.3 Å². The molecule has 0 saturated carbocycles. The highest BCUT2D eigenvalue weighted by atomic mass is 32.2. The lowest BCUT2D eigenvalue weighted by atomic mass is 10.2. The summed E-state index contributed by atoms with van der Waals surface area (Å²) in [5.41, 5.74) is 1.70. The summed E-state index contributed by atoms with van der Waals surface area (Å²) in [6.07, 6.45) is 1.91. The summed E-state index contributed by atoms with van der Waals surface area (Å²) in [5, 5.41) is 12.6. The summed E-state index contributed by atoms with van der Waals surface area (Å²) in [4.78, 5) is 1.06. The van der Waals surface area contributed by atoms with E-state index in [0.717, 1.165) is 39.9 Å². The standard InChI is InChI=1S/C14H18N2S2/c1-3-9-17-10-8-16-13-6-5-7-14(18-4-2)12(13)11-15/h3,5-7,16H,1,4,8-10H2,2H3. The van der Waals surface area contributed by atoms with Crippen molar-refractivity contribution in [2.24, 2.45) is 0 Å². The van der Waals surface area contributed by atoms with E-state index in [1.807, 2.05) is 36.0 Å². The second kappa shape index (κ2) is 8.96. The number of anilines is 1. The largest absolute Gasteiger partial charge is 0.383 e. The first-order chi connectivity index (χ1) is 8.83. The summed E-state index contributed by atoms with van der Waals surface area (Å²) in [6.45, 7) is 6.65. The van der Waals surface area contributed by atoms with Gasteiger partial charge in [0.15, 0.2) is 0 Å². The molecule has 1 N–H and O–H groups in total. The van der Waals surface area contributed by atoms with Crippen molar-refractivity contribution >= 4 is 29.2 Å². The third kappa shape index (κ3) is 4.67. The Kier molecular flexibility index (Phi) is 7.47. The molecular weight excluding hydrogens is 260 g/mol. The molecule has 2 nitrogen and oxygen atoms in total. The fourth-order valence-corrected chi connectivity index (χ4v) is 2.86. The van der Waals surface area contributed by atoms with Gasteiger partial charge < -0.3 is 5.32 Å². The molecule has 4 heteroatoms. The quantitative estimate of drug-likeness (QED) is 0.443. The molecule has 18 heavy (non-hydrogen) atoms. The minimum absolute atomic E-state index is 0.762. The predicted molar refractivity (Wildman–Crippen MR) is 83.6 cm³/mol. The first-order valence-corrected chi connectivity index (χ1v) is 8.06. The Balaban J connectivity index is 2.62.